The first-order chi connectivity index (χ1) is 7.86. The molecule has 0 radical (unpaired) electrons. The van der Waals surface area contributed by atoms with Gasteiger partial charge in [0.15, 0.2) is 0 Å². The van der Waals surface area contributed by atoms with Gasteiger partial charge in [0, 0.05) is 5.56 Å². The number of hydrogen-bond acceptors (Lipinski definition) is 1. The Labute approximate surface area is 94.7 Å². The van der Waals surface area contributed by atoms with Crippen molar-refractivity contribution in [3.05, 3.63) is 42.1 Å². The van der Waals surface area contributed by atoms with Gasteiger partial charge < -0.3 is 0 Å². The summed E-state index contributed by atoms with van der Waals surface area (Å²) in [6.45, 7) is 0. The van der Waals surface area contributed by atoms with Gasteiger partial charge in [0.2, 0.25) is 0 Å². The van der Waals surface area contributed by atoms with Crippen LogP contribution in [0.25, 0.3) is 11.3 Å². The van der Waals surface area contributed by atoms with E-state index in [1.54, 1.807) is 0 Å². The van der Waals surface area contributed by atoms with Crippen molar-refractivity contribution in [3.8, 4) is 23.6 Å². The van der Waals surface area contributed by atoms with Crippen molar-refractivity contribution in [2.45, 2.75) is 18.3 Å². The van der Waals surface area contributed by atoms with Crippen LogP contribution in [0.3, 0.4) is 0 Å². The van der Waals surface area contributed by atoms with Crippen LogP contribution in [0, 0.1) is 12.3 Å². The normalized spacial score (nSPS) is 16.7. The van der Waals surface area contributed by atoms with Gasteiger partial charge in [-0.2, -0.15) is 5.10 Å². The smallest absolute Gasteiger partial charge is 0.0697 e. The van der Waals surface area contributed by atoms with E-state index in [0.717, 1.165) is 24.1 Å². The van der Waals surface area contributed by atoms with E-state index in [9.17, 15) is 0 Å². The quantitative estimate of drug-likeness (QED) is 0.755. The minimum atomic E-state index is -0.0574. The summed E-state index contributed by atoms with van der Waals surface area (Å²) in [5.41, 5.74) is 3.33. The van der Waals surface area contributed by atoms with Crippen LogP contribution in [0.2, 0.25) is 0 Å². The molecule has 3 rings (SSSR count). The first-order valence-electron chi connectivity index (χ1n) is 5.43. The van der Waals surface area contributed by atoms with Crippen LogP contribution in [0.15, 0.2) is 36.5 Å². The molecule has 1 aromatic carbocycles. The third kappa shape index (κ3) is 1.25. The molecular weight excluding hydrogens is 196 g/mol. The molecule has 1 aliphatic carbocycles. The van der Waals surface area contributed by atoms with E-state index in [1.165, 1.54) is 5.56 Å². The lowest BCUT2D eigenvalue weighted by Gasteiger charge is -2.08. The third-order valence-electron chi connectivity index (χ3n) is 3.24. The number of benzene rings is 1. The lowest BCUT2D eigenvalue weighted by molar-refractivity contribution is 0.935. The van der Waals surface area contributed by atoms with Gasteiger partial charge in [-0.05, 0) is 18.4 Å². The molecule has 1 aliphatic rings. The predicted octanol–water partition coefficient (Wildman–Crippen LogP) is 2.74. The molecule has 16 heavy (non-hydrogen) atoms. The van der Waals surface area contributed by atoms with Gasteiger partial charge in [-0.15, -0.1) is 6.42 Å². The van der Waals surface area contributed by atoms with Gasteiger partial charge in [0.05, 0.1) is 17.3 Å². The number of aromatic nitrogens is 2. The van der Waals surface area contributed by atoms with Crippen molar-refractivity contribution < 1.29 is 0 Å². The maximum atomic E-state index is 5.62. The standard InChI is InChI=1S/C14H12N2/c1-2-14(8-9-14)12-10-15-16-13(12)11-6-4-3-5-7-11/h1,3-7,10H,8-9H2,(H,15,16). The van der Waals surface area contributed by atoms with E-state index in [1.807, 2.05) is 24.4 Å². The Hall–Kier alpha value is -2.01. The number of rotatable bonds is 2. The monoisotopic (exact) mass is 208 g/mol. The number of terminal acetylenes is 1. The topological polar surface area (TPSA) is 28.7 Å². The molecule has 2 nitrogen and oxygen atoms in total. The van der Waals surface area contributed by atoms with Crippen LogP contribution in [0.5, 0.6) is 0 Å². The number of aromatic amines is 1. The van der Waals surface area contributed by atoms with E-state index in [4.69, 9.17) is 6.42 Å². The Morgan fingerprint density at radius 2 is 2.00 bits per heavy atom. The molecule has 0 atom stereocenters. The zero-order valence-corrected chi connectivity index (χ0v) is 8.90. The van der Waals surface area contributed by atoms with E-state index in [-0.39, 0.29) is 5.41 Å². The van der Waals surface area contributed by atoms with Crippen molar-refractivity contribution >= 4 is 0 Å². The number of hydrogen-bond donors (Lipinski definition) is 1. The summed E-state index contributed by atoms with van der Waals surface area (Å²) < 4.78 is 0. The Kier molecular flexibility index (Phi) is 1.87. The second kappa shape index (κ2) is 3.24. The number of nitrogens with zero attached hydrogens (tertiary/aromatic N) is 1. The molecule has 1 aromatic heterocycles. The average molecular weight is 208 g/mol. The van der Waals surface area contributed by atoms with Crippen LogP contribution in [-0.4, -0.2) is 10.2 Å². The van der Waals surface area contributed by atoms with E-state index in [2.05, 4.69) is 28.3 Å². The lowest BCUT2D eigenvalue weighted by atomic mass is 9.95. The Morgan fingerprint density at radius 3 is 2.62 bits per heavy atom. The lowest BCUT2D eigenvalue weighted by Crippen LogP contribution is -2.02. The molecule has 1 N–H and O–H groups in total. The summed E-state index contributed by atoms with van der Waals surface area (Å²) in [5, 5.41) is 7.19. The molecular formula is C14H12N2. The highest BCUT2D eigenvalue weighted by atomic mass is 15.1. The molecule has 78 valence electrons. The molecule has 0 bridgehead atoms. The fourth-order valence-corrected chi connectivity index (χ4v) is 2.09. The summed E-state index contributed by atoms with van der Waals surface area (Å²) in [6.07, 6.45) is 9.63. The second-order valence-corrected chi connectivity index (χ2v) is 4.25. The van der Waals surface area contributed by atoms with Crippen LogP contribution >= 0.6 is 0 Å². The fourth-order valence-electron chi connectivity index (χ4n) is 2.09. The Bertz CT molecular complexity index is 542. The largest absolute Gasteiger partial charge is 0.278 e. The van der Waals surface area contributed by atoms with Crippen LogP contribution in [-0.2, 0) is 5.41 Å². The van der Waals surface area contributed by atoms with Crippen molar-refractivity contribution in [1.29, 1.82) is 0 Å². The molecule has 0 unspecified atom stereocenters. The van der Waals surface area contributed by atoms with E-state index >= 15 is 0 Å². The number of H-pyrrole nitrogens is 1. The molecule has 2 heteroatoms. The minimum Gasteiger partial charge on any atom is -0.278 e. The highest BCUT2D eigenvalue weighted by molar-refractivity contribution is 5.66. The van der Waals surface area contributed by atoms with Gasteiger partial charge in [-0.1, -0.05) is 36.3 Å². The van der Waals surface area contributed by atoms with Crippen LogP contribution in [0.1, 0.15) is 18.4 Å². The molecule has 1 fully saturated rings. The Morgan fingerprint density at radius 1 is 1.25 bits per heavy atom. The van der Waals surface area contributed by atoms with Crippen LogP contribution < -0.4 is 0 Å². The van der Waals surface area contributed by atoms with Crippen molar-refractivity contribution in [2.75, 3.05) is 0 Å². The second-order valence-electron chi connectivity index (χ2n) is 4.25. The first kappa shape index (κ1) is 9.23. The minimum absolute atomic E-state index is 0.0574. The predicted molar refractivity (Wildman–Crippen MR) is 63.8 cm³/mol. The zero-order valence-electron chi connectivity index (χ0n) is 8.90. The van der Waals surface area contributed by atoms with Crippen molar-refractivity contribution in [1.82, 2.24) is 10.2 Å². The molecule has 1 heterocycles. The van der Waals surface area contributed by atoms with Gasteiger partial charge in [-0.25, -0.2) is 0 Å². The SMILES string of the molecule is C#CC1(c2cn[nH]c2-c2ccccc2)CC1. The van der Waals surface area contributed by atoms with Gasteiger partial charge in [-0.3, -0.25) is 5.10 Å². The van der Waals surface area contributed by atoms with Crippen LogP contribution in [0.4, 0.5) is 0 Å². The van der Waals surface area contributed by atoms with Gasteiger partial charge in [0.1, 0.15) is 0 Å². The van der Waals surface area contributed by atoms with Gasteiger partial charge in [0.25, 0.3) is 0 Å². The maximum Gasteiger partial charge on any atom is 0.0697 e. The van der Waals surface area contributed by atoms with Gasteiger partial charge >= 0.3 is 0 Å². The first-order valence-corrected chi connectivity index (χ1v) is 5.43. The summed E-state index contributed by atoms with van der Waals surface area (Å²) in [5.74, 6) is 2.90. The molecule has 2 aromatic rings. The van der Waals surface area contributed by atoms with E-state index in [0.29, 0.717) is 0 Å². The third-order valence-corrected chi connectivity index (χ3v) is 3.24. The number of nitrogens with one attached hydrogen (secondary N) is 1. The molecule has 0 amide bonds. The highest BCUT2D eigenvalue weighted by Gasteiger charge is 2.45. The Balaban J connectivity index is 2.11. The fraction of sp³-hybridized carbons (Fsp3) is 0.214. The maximum absolute atomic E-state index is 5.62. The van der Waals surface area contributed by atoms with Crippen molar-refractivity contribution in [3.63, 3.8) is 0 Å². The highest BCUT2D eigenvalue weighted by Crippen LogP contribution is 2.49. The summed E-state index contributed by atoms with van der Waals surface area (Å²) in [4.78, 5) is 0. The van der Waals surface area contributed by atoms with E-state index < -0.39 is 0 Å². The molecule has 0 aliphatic heterocycles. The summed E-state index contributed by atoms with van der Waals surface area (Å²) >= 11 is 0. The molecule has 0 saturated heterocycles. The molecule has 1 saturated carbocycles. The molecule has 0 spiro atoms. The summed E-state index contributed by atoms with van der Waals surface area (Å²) in [6, 6.07) is 10.2. The average Bonchev–Trinajstić information content (AvgIpc) is 2.99. The summed E-state index contributed by atoms with van der Waals surface area (Å²) in [7, 11) is 0. The van der Waals surface area contributed by atoms with Crippen molar-refractivity contribution in [2.24, 2.45) is 0 Å². The zero-order chi connectivity index (χ0) is 11.0.